The Labute approximate surface area is 83.1 Å². The molecule has 0 saturated carbocycles. The third kappa shape index (κ3) is 2.06. The number of hydrogen-bond acceptors (Lipinski definition) is 3. The first-order valence-electron chi connectivity index (χ1n) is 3.64. The van der Waals surface area contributed by atoms with Crippen LogP contribution in [-0.2, 0) is 0 Å². The molecule has 0 bridgehead atoms. The van der Waals surface area contributed by atoms with Crippen molar-refractivity contribution in [2.24, 2.45) is 0 Å². The number of rotatable bonds is 2. The maximum Gasteiger partial charge on any atom is 0.258 e. The standard InChI is InChI=1S/C8H6BrN3O/c9-6-1-3-7(4-2-6)13-8-5-10-12-11-8/h1-5H,(H,10,11,12). The highest BCUT2D eigenvalue weighted by Gasteiger charge is 1.98. The molecule has 2 aromatic rings. The molecular formula is C8H6BrN3O. The Balaban J connectivity index is 2.15. The number of aromatic amines is 1. The molecule has 0 aliphatic carbocycles. The molecule has 1 aromatic carbocycles. The summed E-state index contributed by atoms with van der Waals surface area (Å²) < 4.78 is 6.36. The van der Waals surface area contributed by atoms with E-state index in [1.54, 1.807) is 0 Å². The van der Waals surface area contributed by atoms with E-state index < -0.39 is 0 Å². The molecule has 2 rings (SSSR count). The van der Waals surface area contributed by atoms with Crippen molar-refractivity contribution in [3.05, 3.63) is 34.9 Å². The number of aromatic nitrogens is 3. The molecule has 0 unspecified atom stereocenters. The summed E-state index contributed by atoms with van der Waals surface area (Å²) in [4.78, 5) is 0. The fourth-order valence-electron chi connectivity index (χ4n) is 0.864. The number of H-pyrrole nitrogens is 1. The first-order valence-corrected chi connectivity index (χ1v) is 4.43. The zero-order chi connectivity index (χ0) is 9.10. The Morgan fingerprint density at radius 1 is 1.23 bits per heavy atom. The van der Waals surface area contributed by atoms with Crippen molar-refractivity contribution in [2.45, 2.75) is 0 Å². The molecule has 0 amide bonds. The van der Waals surface area contributed by atoms with Gasteiger partial charge in [-0.25, -0.2) is 0 Å². The fourth-order valence-corrected chi connectivity index (χ4v) is 1.13. The van der Waals surface area contributed by atoms with Gasteiger partial charge in [-0.1, -0.05) is 15.9 Å². The molecule has 5 heteroatoms. The summed E-state index contributed by atoms with van der Waals surface area (Å²) in [7, 11) is 0. The second kappa shape index (κ2) is 3.57. The van der Waals surface area contributed by atoms with Crippen molar-refractivity contribution in [1.82, 2.24) is 15.4 Å². The van der Waals surface area contributed by atoms with E-state index in [-0.39, 0.29) is 0 Å². The monoisotopic (exact) mass is 239 g/mol. The van der Waals surface area contributed by atoms with Crippen LogP contribution in [0.4, 0.5) is 0 Å². The van der Waals surface area contributed by atoms with Gasteiger partial charge in [0.15, 0.2) is 0 Å². The largest absolute Gasteiger partial charge is 0.436 e. The van der Waals surface area contributed by atoms with Gasteiger partial charge in [-0.2, -0.15) is 10.3 Å². The molecular weight excluding hydrogens is 234 g/mol. The van der Waals surface area contributed by atoms with Crippen molar-refractivity contribution in [1.29, 1.82) is 0 Å². The van der Waals surface area contributed by atoms with Gasteiger partial charge in [0.1, 0.15) is 11.9 Å². The highest BCUT2D eigenvalue weighted by Crippen LogP contribution is 2.20. The summed E-state index contributed by atoms with van der Waals surface area (Å²) in [6, 6.07) is 7.49. The average molecular weight is 240 g/mol. The van der Waals surface area contributed by atoms with Crippen LogP contribution in [0.15, 0.2) is 34.9 Å². The van der Waals surface area contributed by atoms with Crippen molar-refractivity contribution < 1.29 is 4.74 Å². The summed E-state index contributed by atoms with van der Waals surface area (Å²) in [6.45, 7) is 0. The van der Waals surface area contributed by atoms with Gasteiger partial charge in [0.25, 0.3) is 5.88 Å². The molecule has 0 fully saturated rings. The Kier molecular flexibility index (Phi) is 2.27. The number of ether oxygens (including phenoxy) is 1. The van der Waals surface area contributed by atoms with E-state index in [0.717, 1.165) is 10.2 Å². The van der Waals surface area contributed by atoms with Gasteiger partial charge in [0.05, 0.1) is 0 Å². The molecule has 0 atom stereocenters. The van der Waals surface area contributed by atoms with Crippen LogP contribution in [0.3, 0.4) is 0 Å². The van der Waals surface area contributed by atoms with Gasteiger partial charge in [-0.3, -0.25) is 0 Å². The third-order valence-electron chi connectivity index (χ3n) is 1.43. The van der Waals surface area contributed by atoms with Gasteiger partial charge in [-0.05, 0) is 24.3 Å². The number of hydrogen-bond donors (Lipinski definition) is 1. The maximum absolute atomic E-state index is 5.35. The quantitative estimate of drug-likeness (QED) is 0.876. The zero-order valence-electron chi connectivity index (χ0n) is 6.57. The average Bonchev–Trinajstić information content (AvgIpc) is 2.62. The number of benzene rings is 1. The van der Waals surface area contributed by atoms with E-state index >= 15 is 0 Å². The van der Waals surface area contributed by atoms with Crippen LogP contribution in [0.5, 0.6) is 11.6 Å². The first kappa shape index (κ1) is 8.25. The van der Waals surface area contributed by atoms with E-state index in [0.29, 0.717) is 5.88 Å². The lowest BCUT2D eigenvalue weighted by Crippen LogP contribution is -1.83. The van der Waals surface area contributed by atoms with Crippen molar-refractivity contribution in [3.8, 4) is 11.6 Å². The molecule has 66 valence electrons. The lowest BCUT2D eigenvalue weighted by atomic mass is 10.3. The zero-order valence-corrected chi connectivity index (χ0v) is 8.15. The Hall–Kier alpha value is -1.36. The van der Waals surface area contributed by atoms with E-state index in [1.807, 2.05) is 24.3 Å². The fraction of sp³-hybridized carbons (Fsp3) is 0. The summed E-state index contributed by atoms with van der Waals surface area (Å²) in [5.41, 5.74) is 0. The topological polar surface area (TPSA) is 50.8 Å². The second-order valence-corrected chi connectivity index (χ2v) is 3.28. The number of halogens is 1. The third-order valence-corrected chi connectivity index (χ3v) is 1.96. The molecule has 0 aliphatic heterocycles. The second-order valence-electron chi connectivity index (χ2n) is 2.36. The molecule has 1 heterocycles. The molecule has 1 aromatic heterocycles. The molecule has 1 N–H and O–H groups in total. The van der Waals surface area contributed by atoms with E-state index in [1.165, 1.54) is 6.20 Å². The maximum atomic E-state index is 5.35. The summed E-state index contributed by atoms with van der Waals surface area (Å²) >= 11 is 3.33. The van der Waals surface area contributed by atoms with E-state index in [4.69, 9.17) is 4.74 Å². The Bertz CT molecular complexity index is 371. The van der Waals surface area contributed by atoms with Crippen LogP contribution in [0.2, 0.25) is 0 Å². The number of nitrogens with zero attached hydrogens (tertiary/aromatic N) is 2. The normalized spacial score (nSPS) is 9.92. The van der Waals surface area contributed by atoms with Crippen LogP contribution in [0.1, 0.15) is 0 Å². The molecule has 0 spiro atoms. The first-order chi connectivity index (χ1) is 6.34. The van der Waals surface area contributed by atoms with Crippen molar-refractivity contribution in [2.75, 3.05) is 0 Å². The van der Waals surface area contributed by atoms with Gasteiger partial charge >= 0.3 is 0 Å². The number of nitrogens with one attached hydrogen (secondary N) is 1. The van der Waals surface area contributed by atoms with Crippen LogP contribution < -0.4 is 4.74 Å². The minimum Gasteiger partial charge on any atom is -0.436 e. The summed E-state index contributed by atoms with van der Waals surface area (Å²) in [6.07, 6.45) is 1.52. The van der Waals surface area contributed by atoms with Crippen molar-refractivity contribution >= 4 is 15.9 Å². The SMILES string of the molecule is Brc1ccc(Oc2cn[nH]n2)cc1. The lowest BCUT2D eigenvalue weighted by Gasteiger charge is -1.99. The predicted molar refractivity (Wildman–Crippen MR) is 50.6 cm³/mol. The molecule has 0 radical (unpaired) electrons. The van der Waals surface area contributed by atoms with Crippen LogP contribution in [-0.4, -0.2) is 15.4 Å². The molecule has 4 nitrogen and oxygen atoms in total. The molecule has 0 saturated heterocycles. The van der Waals surface area contributed by atoms with E-state index in [2.05, 4.69) is 31.3 Å². The van der Waals surface area contributed by atoms with Crippen LogP contribution in [0, 0.1) is 0 Å². The van der Waals surface area contributed by atoms with Crippen LogP contribution in [0.25, 0.3) is 0 Å². The Morgan fingerprint density at radius 3 is 2.62 bits per heavy atom. The molecule has 0 aliphatic rings. The van der Waals surface area contributed by atoms with Crippen LogP contribution >= 0.6 is 15.9 Å². The lowest BCUT2D eigenvalue weighted by molar-refractivity contribution is 0.461. The Morgan fingerprint density at radius 2 is 2.00 bits per heavy atom. The summed E-state index contributed by atoms with van der Waals surface area (Å²) in [5.74, 6) is 1.19. The van der Waals surface area contributed by atoms with Crippen molar-refractivity contribution in [3.63, 3.8) is 0 Å². The van der Waals surface area contributed by atoms with Gasteiger partial charge in [-0.15, -0.1) is 5.10 Å². The van der Waals surface area contributed by atoms with E-state index in [9.17, 15) is 0 Å². The van der Waals surface area contributed by atoms with Gasteiger partial charge < -0.3 is 4.74 Å². The van der Waals surface area contributed by atoms with Gasteiger partial charge in [0, 0.05) is 4.47 Å². The predicted octanol–water partition coefficient (Wildman–Crippen LogP) is 2.36. The van der Waals surface area contributed by atoms with Gasteiger partial charge in [0.2, 0.25) is 0 Å². The smallest absolute Gasteiger partial charge is 0.258 e. The highest BCUT2D eigenvalue weighted by molar-refractivity contribution is 9.10. The molecule has 13 heavy (non-hydrogen) atoms. The minimum absolute atomic E-state index is 0.460. The summed E-state index contributed by atoms with van der Waals surface area (Å²) in [5, 5.41) is 9.86. The highest BCUT2D eigenvalue weighted by atomic mass is 79.9. The minimum atomic E-state index is 0.460.